The number of ether oxygens (including phenoxy) is 2. The Balaban J connectivity index is 2.11. The van der Waals surface area contributed by atoms with Crippen molar-refractivity contribution in [3.63, 3.8) is 0 Å². The monoisotopic (exact) mass is 177 g/mol. The molecular weight excluding hydrogens is 166 g/mol. The molecule has 0 amide bonds. The van der Waals surface area contributed by atoms with Crippen LogP contribution in [0.1, 0.15) is 11.1 Å². The molecular formula is C10H11NO2. The first kappa shape index (κ1) is 7.21. The Morgan fingerprint density at radius 3 is 2.00 bits per heavy atom. The van der Waals surface area contributed by atoms with E-state index in [0.29, 0.717) is 13.2 Å². The van der Waals surface area contributed by atoms with Gasteiger partial charge >= 0.3 is 0 Å². The largest absolute Gasteiger partial charge is 0.486 e. The number of hydrogen-bond donors (Lipinski definition) is 1. The van der Waals surface area contributed by atoms with Gasteiger partial charge in [0.15, 0.2) is 11.5 Å². The zero-order valence-corrected chi connectivity index (χ0v) is 7.30. The molecule has 3 heteroatoms. The van der Waals surface area contributed by atoms with E-state index in [9.17, 15) is 0 Å². The van der Waals surface area contributed by atoms with Crippen LogP contribution in [0, 0.1) is 0 Å². The molecule has 0 bridgehead atoms. The molecule has 0 saturated heterocycles. The molecule has 1 aromatic rings. The van der Waals surface area contributed by atoms with Crippen LogP contribution in [-0.2, 0) is 13.1 Å². The van der Waals surface area contributed by atoms with Crippen LogP contribution in [0.25, 0.3) is 0 Å². The molecule has 0 spiro atoms. The first-order chi connectivity index (χ1) is 6.43. The molecule has 0 radical (unpaired) electrons. The average Bonchev–Trinajstić information content (AvgIpc) is 2.61. The molecule has 1 aromatic carbocycles. The van der Waals surface area contributed by atoms with Crippen molar-refractivity contribution in [3.05, 3.63) is 23.3 Å². The lowest BCUT2D eigenvalue weighted by Crippen LogP contribution is -2.15. The molecule has 2 heterocycles. The molecule has 3 rings (SSSR count). The van der Waals surface area contributed by atoms with E-state index in [-0.39, 0.29) is 0 Å². The highest BCUT2D eigenvalue weighted by molar-refractivity contribution is 5.49. The molecule has 0 aromatic heterocycles. The quantitative estimate of drug-likeness (QED) is 0.642. The summed E-state index contributed by atoms with van der Waals surface area (Å²) in [4.78, 5) is 0. The number of fused-ring (bicyclic) bond motifs is 2. The SMILES string of the molecule is c1c2c(cc3c1OCCO3)CNC2. The van der Waals surface area contributed by atoms with E-state index >= 15 is 0 Å². The van der Waals surface area contributed by atoms with Gasteiger partial charge in [0.2, 0.25) is 0 Å². The average molecular weight is 177 g/mol. The van der Waals surface area contributed by atoms with Gasteiger partial charge < -0.3 is 14.8 Å². The summed E-state index contributed by atoms with van der Waals surface area (Å²) in [5.74, 6) is 1.79. The third-order valence-corrected chi connectivity index (χ3v) is 2.50. The summed E-state index contributed by atoms with van der Waals surface area (Å²) in [6.07, 6.45) is 0. The molecule has 13 heavy (non-hydrogen) atoms. The molecule has 3 nitrogen and oxygen atoms in total. The van der Waals surface area contributed by atoms with Crippen LogP contribution in [0.5, 0.6) is 11.5 Å². The van der Waals surface area contributed by atoms with E-state index in [1.165, 1.54) is 11.1 Å². The van der Waals surface area contributed by atoms with Gasteiger partial charge in [-0.2, -0.15) is 0 Å². The number of nitrogens with one attached hydrogen (secondary N) is 1. The van der Waals surface area contributed by atoms with Gasteiger partial charge in [0.1, 0.15) is 13.2 Å². The maximum atomic E-state index is 5.50. The van der Waals surface area contributed by atoms with Gasteiger partial charge in [-0.1, -0.05) is 0 Å². The van der Waals surface area contributed by atoms with Crippen LogP contribution in [0.15, 0.2) is 12.1 Å². The molecule has 0 atom stereocenters. The van der Waals surface area contributed by atoms with Crippen molar-refractivity contribution in [2.24, 2.45) is 0 Å². The lowest BCUT2D eigenvalue weighted by Gasteiger charge is -2.19. The lowest BCUT2D eigenvalue weighted by molar-refractivity contribution is 0.171. The summed E-state index contributed by atoms with van der Waals surface area (Å²) in [5, 5.41) is 3.30. The predicted molar refractivity (Wildman–Crippen MR) is 48.0 cm³/mol. The van der Waals surface area contributed by atoms with Gasteiger partial charge in [-0.3, -0.25) is 0 Å². The van der Waals surface area contributed by atoms with Gasteiger partial charge in [0, 0.05) is 13.1 Å². The van der Waals surface area contributed by atoms with Crippen molar-refractivity contribution in [2.45, 2.75) is 13.1 Å². The van der Waals surface area contributed by atoms with Crippen LogP contribution < -0.4 is 14.8 Å². The smallest absolute Gasteiger partial charge is 0.161 e. The van der Waals surface area contributed by atoms with E-state index in [1.807, 2.05) is 0 Å². The third-order valence-electron chi connectivity index (χ3n) is 2.50. The van der Waals surface area contributed by atoms with Gasteiger partial charge in [-0.15, -0.1) is 0 Å². The fourth-order valence-corrected chi connectivity index (χ4v) is 1.83. The van der Waals surface area contributed by atoms with E-state index in [4.69, 9.17) is 9.47 Å². The molecule has 68 valence electrons. The molecule has 0 unspecified atom stereocenters. The summed E-state index contributed by atoms with van der Waals surface area (Å²) in [6.45, 7) is 3.23. The van der Waals surface area contributed by atoms with Crippen molar-refractivity contribution < 1.29 is 9.47 Å². The normalized spacial score (nSPS) is 18.5. The van der Waals surface area contributed by atoms with Crippen molar-refractivity contribution in [3.8, 4) is 11.5 Å². The zero-order valence-electron chi connectivity index (χ0n) is 7.30. The summed E-state index contributed by atoms with van der Waals surface area (Å²) in [7, 11) is 0. The topological polar surface area (TPSA) is 30.5 Å². The van der Waals surface area contributed by atoms with Crippen molar-refractivity contribution in [1.29, 1.82) is 0 Å². The van der Waals surface area contributed by atoms with Crippen LogP contribution in [-0.4, -0.2) is 13.2 Å². The van der Waals surface area contributed by atoms with E-state index in [1.54, 1.807) is 0 Å². The summed E-state index contributed by atoms with van der Waals surface area (Å²) in [5.41, 5.74) is 2.67. The molecule has 2 aliphatic heterocycles. The maximum absolute atomic E-state index is 5.50. The second-order valence-corrected chi connectivity index (χ2v) is 3.37. The van der Waals surface area contributed by atoms with Crippen LogP contribution in [0.4, 0.5) is 0 Å². The van der Waals surface area contributed by atoms with Crippen LogP contribution >= 0.6 is 0 Å². The number of hydrogen-bond acceptors (Lipinski definition) is 3. The fraction of sp³-hybridized carbons (Fsp3) is 0.400. The molecule has 0 fully saturated rings. The van der Waals surface area contributed by atoms with Gasteiger partial charge in [0.05, 0.1) is 0 Å². The summed E-state index contributed by atoms with van der Waals surface area (Å²) in [6, 6.07) is 4.17. The standard InChI is InChI=1S/C10H11NO2/c1-2-13-10-4-8-6-11-5-7(8)3-9(10)12-1/h3-4,11H,1-2,5-6H2. The van der Waals surface area contributed by atoms with Crippen LogP contribution in [0.2, 0.25) is 0 Å². The van der Waals surface area contributed by atoms with Crippen molar-refractivity contribution in [2.75, 3.05) is 13.2 Å². The minimum atomic E-state index is 0.666. The van der Waals surface area contributed by atoms with Crippen molar-refractivity contribution in [1.82, 2.24) is 5.32 Å². The Morgan fingerprint density at radius 2 is 1.46 bits per heavy atom. The van der Waals surface area contributed by atoms with Gasteiger partial charge in [-0.05, 0) is 23.3 Å². The molecule has 2 aliphatic rings. The number of rotatable bonds is 0. The fourth-order valence-electron chi connectivity index (χ4n) is 1.83. The lowest BCUT2D eigenvalue weighted by atomic mass is 10.1. The predicted octanol–water partition coefficient (Wildman–Crippen LogP) is 1.06. The Hall–Kier alpha value is -1.22. The summed E-state index contributed by atoms with van der Waals surface area (Å²) < 4.78 is 11.0. The Morgan fingerprint density at radius 1 is 0.923 bits per heavy atom. The second kappa shape index (κ2) is 2.64. The Labute approximate surface area is 76.7 Å². The minimum absolute atomic E-state index is 0.666. The molecule has 0 aliphatic carbocycles. The van der Waals surface area contributed by atoms with E-state index < -0.39 is 0 Å². The van der Waals surface area contributed by atoms with E-state index in [2.05, 4.69) is 17.4 Å². The molecule has 1 N–H and O–H groups in total. The Kier molecular flexibility index (Phi) is 1.46. The van der Waals surface area contributed by atoms with Gasteiger partial charge in [0.25, 0.3) is 0 Å². The van der Waals surface area contributed by atoms with Crippen LogP contribution in [0.3, 0.4) is 0 Å². The Bertz CT molecular complexity index is 316. The number of benzene rings is 1. The summed E-state index contributed by atoms with van der Waals surface area (Å²) >= 11 is 0. The first-order valence-corrected chi connectivity index (χ1v) is 4.55. The first-order valence-electron chi connectivity index (χ1n) is 4.55. The highest BCUT2D eigenvalue weighted by Crippen LogP contribution is 2.34. The van der Waals surface area contributed by atoms with E-state index in [0.717, 1.165) is 24.6 Å². The zero-order chi connectivity index (χ0) is 8.67. The molecule has 0 saturated carbocycles. The second-order valence-electron chi connectivity index (χ2n) is 3.37. The maximum Gasteiger partial charge on any atom is 0.161 e. The van der Waals surface area contributed by atoms with Crippen molar-refractivity contribution >= 4 is 0 Å². The van der Waals surface area contributed by atoms with Gasteiger partial charge in [-0.25, -0.2) is 0 Å². The highest BCUT2D eigenvalue weighted by atomic mass is 16.6. The minimum Gasteiger partial charge on any atom is -0.486 e. The third kappa shape index (κ3) is 1.08. The highest BCUT2D eigenvalue weighted by Gasteiger charge is 2.18.